The molecule has 0 radical (unpaired) electrons. The molecule has 1 unspecified atom stereocenters. The third-order valence-corrected chi connectivity index (χ3v) is 6.87. The number of aromatic amines is 1. The van der Waals surface area contributed by atoms with E-state index in [4.69, 9.17) is 4.74 Å². The maximum absolute atomic E-state index is 12.2. The van der Waals surface area contributed by atoms with Crippen molar-refractivity contribution in [3.8, 4) is 5.75 Å². The third kappa shape index (κ3) is 4.73. The summed E-state index contributed by atoms with van der Waals surface area (Å²) in [5.41, 5.74) is 2.51. The number of hydrogen-bond donors (Lipinski definition) is 2. The summed E-state index contributed by atoms with van der Waals surface area (Å²) in [7, 11) is -3.28. The zero-order valence-corrected chi connectivity index (χ0v) is 18.0. The van der Waals surface area contributed by atoms with Gasteiger partial charge in [0.05, 0.1) is 6.26 Å². The molecule has 0 amide bonds. The van der Waals surface area contributed by atoms with Gasteiger partial charge in [0.1, 0.15) is 18.4 Å². The molecule has 2 heterocycles. The van der Waals surface area contributed by atoms with Crippen molar-refractivity contribution in [3.63, 3.8) is 0 Å². The molecule has 4 rings (SSSR count). The van der Waals surface area contributed by atoms with Crippen molar-refractivity contribution in [2.75, 3.05) is 32.4 Å². The van der Waals surface area contributed by atoms with Crippen LogP contribution in [0.15, 0.2) is 54.7 Å². The van der Waals surface area contributed by atoms with Gasteiger partial charge in [-0.1, -0.05) is 30.3 Å². The SMILES string of the molecule is CS(=O)(=O)N1CCN(C(C(=O)O)c2c[nH]c3ccc(OCc4ccccc4)cc23)CC1. The average molecular weight is 444 g/mol. The Morgan fingerprint density at radius 3 is 2.48 bits per heavy atom. The van der Waals surface area contributed by atoms with Crippen molar-refractivity contribution in [2.24, 2.45) is 0 Å². The molecule has 8 nitrogen and oxygen atoms in total. The number of fused-ring (bicyclic) bond motifs is 1. The van der Waals surface area contributed by atoms with Crippen LogP contribution >= 0.6 is 0 Å². The monoisotopic (exact) mass is 443 g/mol. The number of nitrogens with zero attached hydrogens (tertiary/aromatic N) is 2. The Labute approximate surface area is 181 Å². The molecule has 164 valence electrons. The number of sulfonamides is 1. The van der Waals surface area contributed by atoms with Crippen LogP contribution in [0.1, 0.15) is 17.2 Å². The van der Waals surface area contributed by atoms with Crippen molar-refractivity contribution >= 4 is 26.9 Å². The maximum Gasteiger partial charge on any atom is 0.325 e. The highest BCUT2D eigenvalue weighted by Gasteiger charge is 2.34. The lowest BCUT2D eigenvalue weighted by atomic mass is 10.0. The molecule has 9 heteroatoms. The van der Waals surface area contributed by atoms with E-state index in [1.807, 2.05) is 53.4 Å². The van der Waals surface area contributed by atoms with Gasteiger partial charge in [0.2, 0.25) is 10.0 Å². The van der Waals surface area contributed by atoms with Crippen molar-refractivity contribution in [3.05, 3.63) is 65.9 Å². The Bertz CT molecular complexity index is 1170. The van der Waals surface area contributed by atoms with Gasteiger partial charge in [0.25, 0.3) is 0 Å². The standard InChI is InChI=1S/C22H25N3O5S/c1-31(28,29)25-11-9-24(10-12-25)21(22(26)27)19-14-23-20-8-7-17(13-18(19)20)30-15-16-5-3-2-4-6-16/h2-8,13-14,21,23H,9-12,15H2,1H3,(H,26,27). The quantitative estimate of drug-likeness (QED) is 0.582. The fourth-order valence-corrected chi connectivity index (χ4v) is 4.78. The van der Waals surface area contributed by atoms with Crippen LogP contribution in [-0.2, 0) is 21.4 Å². The molecule has 1 fully saturated rings. The predicted molar refractivity (Wildman–Crippen MR) is 117 cm³/mol. The number of piperazine rings is 1. The van der Waals surface area contributed by atoms with Crippen LogP contribution in [-0.4, -0.2) is 66.1 Å². The van der Waals surface area contributed by atoms with E-state index >= 15 is 0 Å². The number of carboxylic acids is 1. The topological polar surface area (TPSA) is 103 Å². The van der Waals surface area contributed by atoms with E-state index in [1.165, 1.54) is 10.6 Å². The number of ether oxygens (including phenoxy) is 1. The molecule has 0 spiro atoms. The van der Waals surface area contributed by atoms with E-state index in [1.54, 1.807) is 6.20 Å². The maximum atomic E-state index is 12.2. The minimum atomic E-state index is -3.28. The molecular formula is C22H25N3O5S. The second-order valence-electron chi connectivity index (χ2n) is 7.66. The van der Waals surface area contributed by atoms with E-state index in [2.05, 4.69) is 4.98 Å². The number of carboxylic acid groups (broad SMARTS) is 1. The van der Waals surface area contributed by atoms with E-state index in [-0.39, 0.29) is 13.1 Å². The van der Waals surface area contributed by atoms with Gasteiger partial charge in [-0.05, 0) is 23.8 Å². The number of aliphatic carboxylic acids is 1. The van der Waals surface area contributed by atoms with E-state index in [0.29, 0.717) is 31.0 Å². The Morgan fingerprint density at radius 1 is 1.13 bits per heavy atom. The highest BCUT2D eigenvalue weighted by Crippen LogP contribution is 2.32. The molecule has 2 aromatic carbocycles. The van der Waals surface area contributed by atoms with Gasteiger partial charge in [-0.3, -0.25) is 9.69 Å². The van der Waals surface area contributed by atoms with Crippen LogP contribution in [0, 0.1) is 0 Å². The molecule has 2 N–H and O–H groups in total. The molecule has 1 aliphatic rings. The highest BCUT2D eigenvalue weighted by atomic mass is 32.2. The van der Waals surface area contributed by atoms with Crippen LogP contribution in [0.4, 0.5) is 0 Å². The fourth-order valence-electron chi connectivity index (χ4n) is 3.96. The summed E-state index contributed by atoms with van der Waals surface area (Å²) < 4.78 is 30.8. The van der Waals surface area contributed by atoms with Crippen LogP contribution in [0.5, 0.6) is 5.75 Å². The lowest BCUT2D eigenvalue weighted by Crippen LogP contribution is -2.50. The molecule has 31 heavy (non-hydrogen) atoms. The summed E-state index contributed by atoms with van der Waals surface area (Å²) in [6.45, 7) is 1.66. The zero-order chi connectivity index (χ0) is 22.0. The zero-order valence-electron chi connectivity index (χ0n) is 17.2. The van der Waals surface area contributed by atoms with E-state index in [9.17, 15) is 18.3 Å². The molecule has 0 saturated carbocycles. The van der Waals surface area contributed by atoms with Crippen LogP contribution in [0.2, 0.25) is 0 Å². The normalized spacial score (nSPS) is 16.9. The number of hydrogen-bond acceptors (Lipinski definition) is 5. The molecule has 0 bridgehead atoms. The number of benzene rings is 2. The third-order valence-electron chi connectivity index (χ3n) is 5.57. The number of nitrogens with one attached hydrogen (secondary N) is 1. The number of rotatable bonds is 7. The Balaban J connectivity index is 1.57. The Hall–Kier alpha value is -2.88. The van der Waals surface area contributed by atoms with Gasteiger partial charge in [0, 0.05) is 48.8 Å². The number of carbonyl (C=O) groups is 1. The smallest absolute Gasteiger partial charge is 0.325 e. The number of H-pyrrole nitrogens is 1. The molecule has 3 aromatic rings. The second kappa shape index (κ2) is 8.70. The minimum Gasteiger partial charge on any atom is -0.489 e. The van der Waals surface area contributed by atoms with Gasteiger partial charge < -0.3 is 14.8 Å². The first kappa shape index (κ1) is 21.4. The summed E-state index contributed by atoms with van der Waals surface area (Å²) >= 11 is 0. The van der Waals surface area contributed by atoms with E-state index in [0.717, 1.165) is 16.5 Å². The van der Waals surface area contributed by atoms with Crippen molar-refractivity contribution < 1.29 is 23.1 Å². The minimum absolute atomic E-state index is 0.274. The van der Waals surface area contributed by atoms with E-state index < -0.39 is 22.0 Å². The lowest BCUT2D eigenvalue weighted by molar-refractivity contribution is -0.144. The van der Waals surface area contributed by atoms with Gasteiger partial charge in [-0.2, -0.15) is 4.31 Å². The van der Waals surface area contributed by atoms with Crippen molar-refractivity contribution in [1.29, 1.82) is 0 Å². The summed E-state index contributed by atoms with van der Waals surface area (Å²) in [5, 5.41) is 10.8. The molecule has 1 atom stereocenters. The summed E-state index contributed by atoms with van der Waals surface area (Å²) in [4.78, 5) is 17.2. The van der Waals surface area contributed by atoms with Crippen LogP contribution in [0.3, 0.4) is 0 Å². The summed E-state index contributed by atoms with van der Waals surface area (Å²) in [6, 6.07) is 14.5. The number of aromatic nitrogens is 1. The molecule has 1 saturated heterocycles. The first-order valence-electron chi connectivity index (χ1n) is 10.0. The van der Waals surface area contributed by atoms with Gasteiger partial charge in [-0.15, -0.1) is 0 Å². The van der Waals surface area contributed by atoms with Gasteiger partial charge >= 0.3 is 5.97 Å². The molecule has 1 aromatic heterocycles. The highest BCUT2D eigenvalue weighted by molar-refractivity contribution is 7.88. The van der Waals surface area contributed by atoms with Gasteiger partial charge in [-0.25, -0.2) is 8.42 Å². The average Bonchev–Trinajstić information content (AvgIpc) is 3.15. The van der Waals surface area contributed by atoms with Crippen LogP contribution in [0.25, 0.3) is 10.9 Å². The Kier molecular flexibility index (Phi) is 5.99. The Morgan fingerprint density at radius 2 is 1.84 bits per heavy atom. The first-order valence-corrected chi connectivity index (χ1v) is 11.9. The van der Waals surface area contributed by atoms with Crippen molar-refractivity contribution in [2.45, 2.75) is 12.6 Å². The van der Waals surface area contributed by atoms with Crippen LogP contribution < -0.4 is 4.74 Å². The molecule has 1 aliphatic heterocycles. The first-order chi connectivity index (χ1) is 14.8. The van der Waals surface area contributed by atoms with Crippen molar-refractivity contribution in [1.82, 2.24) is 14.2 Å². The largest absolute Gasteiger partial charge is 0.489 e. The molecule has 0 aliphatic carbocycles. The summed E-state index contributed by atoms with van der Waals surface area (Å²) in [5.74, 6) is -0.312. The fraction of sp³-hybridized carbons (Fsp3) is 0.318. The predicted octanol–water partition coefficient (Wildman–Crippen LogP) is 2.45. The second-order valence-corrected chi connectivity index (χ2v) is 9.65. The van der Waals surface area contributed by atoms with Gasteiger partial charge in [0.15, 0.2) is 0 Å². The molecular weight excluding hydrogens is 418 g/mol. The summed E-state index contributed by atoms with van der Waals surface area (Å²) in [6.07, 6.45) is 2.89. The lowest BCUT2D eigenvalue weighted by Gasteiger charge is -2.36.